The lowest BCUT2D eigenvalue weighted by Crippen LogP contribution is -2.20. The summed E-state index contributed by atoms with van der Waals surface area (Å²) in [5, 5.41) is 2.72. The van der Waals surface area contributed by atoms with Crippen LogP contribution in [0, 0.1) is 0 Å². The topological polar surface area (TPSA) is 63.7 Å². The van der Waals surface area contributed by atoms with Gasteiger partial charge >= 0.3 is 10.1 Å². The Bertz CT molecular complexity index is 1390. The minimum atomic E-state index is -4.10. The third kappa shape index (κ3) is 2.31. The number of benzene rings is 4. The van der Waals surface area contributed by atoms with Crippen molar-refractivity contribution >= 4 is 43.3 Å². The van der Waals surface area contributed by atoms with E-state index in [9.17, 15) is 13.2 Å². The Kier molecular flexibility index (Phi) is 3.48. The van der Waals surface area contributed by atoms with Crippen LogP contribution in [-0.4, -0.2) is 21.4 Å². The number of rotatable bonds is 3. The normalized spacial score (nSPS) is 13.5. The van der Waals surface area contributed by atoms with Gasteiger partial charge in [-0.05, 0) is 29.7 Å². The Balaban J connectivity index is 1.69. The van der Waals surface area contributed by atoms with Crippen LogP contribution in [-0.2, 0) is 10.1 Å². The molecule has 1 amide bonds. The Labute approximate surface area is 161 Å². The van der Waals surface area contributed by atoms with Crippen LogP contribution in [0.3, 0.4) is 0 Å². The molecule has 1 aliphatic rings. The van der Waals surface area contributed by atoms with Gasteiger partial charge in [-0.15, -0.1) is 0 Å². The highest BCUT2D eigenvalue weighted by Gasteiger charge is 2.30. The second-order valence-electron chi connectivity index (χ2n) is 6.69. The smallest absolute Gasteiger partial charge is 0.339 e. The summed E-state index contributed by atoms with van der Waals surface area (Å²) in [6.07, 6.45) is 0. The van der Waals surface area contributed by atoms with Crippen molar-refractivity contribution < 1.29 is 17.4 Å². The van der Waals surface area contributed by atoms with Gasteiger partial charge in [0, 0.05) is 28.8 Å². The molecule has 138 valence electrons. The van der Waals surface area contributed by atoms with Crippen LogP contribution >= 0.6 is 0 Å². The summed E-state index contributed by atoms with van der Waals surface area (Å²) < 4.78 is 31.8. The van der Waals surface area contributed by atoms with Gasteiger partial charge in [-0.2, -0.15) is 8.42 Å². The SMILES string of the molecule is CN1C(=O)c2cccc3c(S(=O)(=O)Oc4cccc5ccccc45)ccc1c23. The lowest BCUT2D eigenvalue weighted by Gasteiger charge is -2.13. The molecule has 5 rings (SSSR count). The molecule has 0 bridgehead atoms. The molecule has 0 aliphatic carbocycles. The fraction of sp³-hybridized carbons (Fsp3) is 0.0455. The largest absolute Gasteiger partial charge is 0.378 e. The lowest BCUT2D eigenvalue weighted by molar-refractivity contribution is 0.0999. The Morgan fingerprint density at radius 3 is 2.39 bits per heavy atom. The fourth-order valence-corrected chi connectivity index (χ4v) is 4.90. The van der Waals surface area contributed by atoms with Crippen LogP contribution in [0.1, 0.15) is 10.4 Å². The first-order chi connectivity index (χ1) is 13.5. The van der Waals surface area contributed by atoms with Crippen molar-refractivity contribution in [2.45, 2.75) is 4.90 Å². The van der Waals surface area contributed by atoms with E-state index >= 15 is 0 Å². The molecule has 0 saturated heterocycles. The molecular weight excluding hydrogens is 374 g/mol. The van der Waals surface area contributed by atoms with Crippen LogP contribution in [0.4, 0.5) is 5.69 Å². The molecule has 4 aromatic rings. The van der Waals surface area contributed by atoms with Crippen LogP contribution in [0.25, 0.3) is 21.5 Å². The summed E-state index contributed by atoms with van der Waals surface area (Å²) in [5.74, 6) is 0.125. The molecule has 28 heavy (non-hydrogen) atoms. The van der Waals surface area contributed by atoms with E-state index in [1.54, 1.807) is 43.4 Å². The monoisotopic (exact) mass is 389 g/mol. The van der Waals surface area contributed by atoms with Crippen molar-refractivity contribution in [3.63, 3.8) is 0 Å². The van der Waals surface area contributed by atoms with E-state index < -0.39 is 10.1 Å². The fourth-order valence-electron chi connectivity index (χ4n) is 3.76. The second kappa shape index (κ2) is 5.81. The number of hydrogen-bond acceptors (Lipinski definition) is 4. The zero-order chi connectivity index (χ0) is 19.5. The summed E-state index contributed by atoms with van der Waals surface area (Å²) in [4.78, 5) is 14.0. The number of hydrogen-bond donors (Lipinski definition) is 0. The predicted octanol–water partition coefficient (Wildman–Crippen LogP) is 4.35. The first-order valence-corrected chi connectivity index (χ1v) is 10.1. The highest BCUT2D eigenvalue weighted by Crippen LogP contribution is 2.40. The highest BCUT2D eigenvalue weighted by molar-refractivity contribution is 7.87. The number of carbonyl (C=O) groups is 1. The van der Waals surface area contributed by atoms with Crippen molar-refractivity contribution in [2.24, 2.45) is 0 Å². The zero-order valence-corrected chi connectivity index (χ0v) is 15.7. The van der Waals surface area contributed by atoms with Crippen LogP contribution in [0.5, 0.6) is 5.75 Å². The van der Waals surface area contributed by atoms with E-state index in [1.807, 2.05) is 30.3 Å². The standard InChI is InChI=1S/C22H15NO4S/c1-23-18-12-13-20(16-9-5-10-17(21(16)18)22(23)24)28(25,26)27-19-11-4-7-14-6-2-3-8-15(14)19/h2-13H,1H3. The highest BCUT2D eigenvalue weighted by atomic mass is 32.2. The molecule has 0 aromatic heterocycles. The minimum Gasteiger partial charge on any atom is -0.378 e. The Hall–Kier alpha value is -3.38. The molecule has 1 heterocycles. The van der Waals surface area contributed by atoms with Gasteiger partial charge in [0.05, 0.1) is 5.69 Å². The molecule has 0 fully saturated rings. The molecule has 1 aliphatic heterocycles. The number of nitrogens with zero attached hydrogens (tertiary/aromatic N) is 1. The van der Waals surface area contributed by atoms with Gasteiger partial charge in [0.25, 0.3) is 5.91 Å². The minimum absolute atomic E-state index is 0.0455. The number of anilines is 1. The summed E-state index contributed by atoms with van der Waals surface area (Å²) >= 11 is 0. The maximum atomic E-state index is 13.1. The van der Waals surface area contributed by atoms with Crippen LogP contribution in [0.15, 0.2) is 77.7 Å². The van der Waals surface area contributed by atoms with E-state index in [-0.39, 0.29) is 16.6 Å². The summed E-state index contributed by atoms with van der Waals surface area (Å²) in [7, 11) is -2.42. The lowest BCUT2D eigenvalue weighted by atomic mass is 10.1. The third-order valence-electron chi connectivity index (χ3n) is 5.09. The van der Waals surface area contributed by atoms with Gasteiger partial charge in [-0.3, -0.25) is 4.79 Å². The van der Waals surface area contributed by atoms with Crippen LogP contribution in [0.2, 0.25) is 0 Å². The molecule has 0 atom stereocenters. The molecule has 0 unspecified atom stereocenters. The first-order valence-electron chi connectivity index (χ1n) is 8.73. The van der Waals surface area contributed by atoms with E-state index in [2.05, 4.69) is 0 Å². The van der Waals surface area contributed by atoms with E-state index in [4.69, 9.17) is 4.18 Å². The van der Waals surface area contributed by atoms with Gasteiger partial charge in [0.1, 0.15) is 4.90 Å². The maximum absolute atomic E-state index is 13.1. The molecule has 0 saturated carbocycles. The Morgan fingerprint density at radius 1 is 0.821 bits per heavy atom. The van der Waals surface area contributed by atoms with Gasteiger partial charge in [-0.1, -0.05) is 48.5 Å². The van der Waals surface area contributed by atoms with Gasteiger partial charge in [0.15, 0.2) is 5.75 Å². The third-order valence-corrected chi connectivity index (χ3v) is 6.39. The van der Waals surface area contributed by atoms with E-state index in [0.717, 1.165) is 10.8 Å². The molecule has 4 aromatic carbocycles. The average Bonchev–Trinajstić information content (AvgIpc) is 2.95. The van der Waals surface area contributed by atoms with E-state index in [1.165, 1.54) is 11.0 Å². The van der Waals surface area contributed by atoms with Crippen molar-refractivity contribution in [1.29, 1.82) is 0 Å². The molecule has 6 heteroatoms. The number of carbonyl (C=O) groups excluding carboxylic acids is 1. The molecule has 5 nitrogen and oxygen atoms in total. The molecule has 0 spiro atoms. The first kappa shape index (κ1) is 16.8. The van der Waals surface area contributed by atoms with Gasteiger partial charge in [0.2, 0.25) is 0 Å². The Morgan fingerprint density at radius 2 is 1.54 bits per heavy atom. The second-order valence-corrected chi connectivity index (χ2v) is 8.20. The van der Waals surface area contributed by atoms with Crippen molar-refractivity contribution in [3.05, 3.63) is 78.4 Å². The van der Waals surface area contributed by atoms with E-state index in [0.29, 0.717) is 22.0 Å². The van der Waals surface area contributed by atoms with Crippen LogP contribution < -0.4 is 9.08 Å². The molecule has 0 N–H and O–H groups in total. The summed E-state index contributed by atoms with van der Waals surface area (Å²) in [6, 6.07) is 21.0. The van der Waals surface area contributed by atoms with Crippen molar-refractivity contribution in [1.82, 2.24) is 0 Å². The van der Waals surface area contributed by atoms with Gasteiger partial charge < -0.3 is 9.08 Å². The predicted molar refractivity (Wildman–Crippen MR) is 108 cm³/mol. The van der Waals surface area contributed by atoms with Crippen molar-refractivity contribution in [2.75, 3.05) is 11.9 Å². The molecule has 0 radical (unpaired) electrons. The van der Waals surface area contributed by atoms with Gasteiger partial charge in [-0.25, -0.2) is 0 Å². The average molecular weight is 389 g/mol. The molecular formula is C22H15NO4S. The van der Waals surface area contributed by atoms with Crippen molar-refractivity contribution in [3.8, 4) is 5.75 Å². The maximum Gasteiger partial charge on any atom is 0.339 e. The number of amides is 1. The number of fused-ring (bicyclic) bond motifs is 1. The quantitative estimate of drug-likeness (QED) is 0.489. The summed E-state index contributed by atoms with van der Waals surface area (Å²) in [5.41, 5.74) is 1.19. The summed E-state index contributed by atoms with van der Waals surface area (Å²) in [6.45, 7) is 0. The zero-order valence-electron chi connectivity index (χ0n) is 14.9.